The van der Waals surface area contributed by atoms with Gasteiger partial charge in [0, 0.05) is 17.6 Å². The predicted molar refractivity (Wildman–Crippen MR) is 88.7 cm³/mol. The highest BCUT2D eigenvalue weighted by Crippen LogP contribution is 2.16. The molecule has 1 amide bonds. The van der Waals surface area contributed by atoms with Gasteiger partial charge in [0.25, 0.3) is 5.56 Å². The monoisotopic (exact) mass is 363 g/mol. The number of hydrogen-bond acceptors (Lipinski definition) is 3. The molecule has 0 radical (unpaired) electrons. The molecule has 1 aliphatic rings. The number of likely N-dealkylation sites (tertiary alicyclic amines) is 1. The van der Waals surface area contributed by atoms with Gasteiger partial charge in [0.2, 0.25) is 5.91 Å². The number of fused-ring (bicyclic) bond motifs is 1. The Kier molecular flexibility index (Phi) is 4.29. The van der Waals surface area contributed by atoms with Crippen LogP contribution in [0.1, 0.15) is 19.8 Å². The van der Waals surface area contributed by atoms with Crippen LogP contribution in [-0.2, 0) is 11.3 Å². The number of halogens is 1. The van der Waals surface area contributed by atoms with Crippen molar-refractivity contribution in [3.63, 3.8) is 0 Å². The van der Waals surface area contributed by atoms with Crippen molar-refractivity contribution in [3.8, 4) is 0 Å². The molecule has 3 rings (SSSR count). The molecule has 5 nitrogen and oxygen atoms in total. The zero-order chi connectivity index (χ0) is 15.7. The van der Waals surface area contributed by atoms with E-state index in [4.69, 9.17) is 0 Å². The van der Waals surface area contributed by atoms with E-state index < -0.39 is 0 Å². The van der Waals surface area contributed by atoms with E-state index in [2.05, 4.69) is 27.8 Å². The van der Waals surface area contributed by atoms with E-state index in [0.29, 0.717) is 16.8 Å². The summed E-state index contributed by atoms with van der Waals surface area (Å²) in [5.74, 6) is 0.518. The summed E-state index contributed by atoms with van der Waals surface area (Å²) >= 11 is 3.36. The van der Waals surface area contributed by atoms with Crippen molar-refractivity contribution in [1.29, 1.82) is 0 Å². The van der Waals surface area contributed by atoms with Gasteiger partial charge in [-0.2, -0.15) is 0 Å². The highest BCUT2D eigenvalue weighted by Gasteiger charge is 2.21. The van der Waals surface area contributed by atoms with Crippen LogP contribution in [0.25, 0.3) is 10.9 Å². The van der Waals surface area contributed by atoms with Gasteiger partial charge in [0.15, 0.2) is 0 Å². The lowest BCUT2D eigenvalue weighted by atomic mass is 10.0. The highest BCUT2D eigenvalue weighted by molar-refractivity contribution is 9.10. The Morgan fingerprint density at radius 3 is 3.05 bits per heavy atom. The summed E-state index contributed by atoms with van der Waals surface area (Å²) in [6, 6.07) is 5.38. The van der Waals surface area contributed by atoms with Gasteiger partial charge in [0.1, 0.15) is 6.54 Å². The summed E-state index contributed by atoms with van der Waals surface area (Å²) in [7, 11) is 0. The molecule has 22 heavy (non-hydrogen) atoms. The molecule has 0 unspecified atom stereocenters. The van der Waals surface area contributed by atoms with Crippen LogP contribution in [-0.4, -0.2) is 33.4 Å². The van der Waals surface area contributed by atoms with Crippen LogP contribution >= 0.6 is 15.9 Å². The first-order valence-electron chi connectivity index (χ1n) is 7.47. The Hall–Kier alpha value is -1.69. The number of carbonyl (C=O) groups excluding carboxylic acids is 1. The lowest BCUT2D eigenvalue weighted by molar-refractivity contribution is -0.133. The van der Waals surface area contributed by atoms with Crippen LogP contribution in [0, 0.1) is 5.92 Å². The molecule has 0 bridgehead atoms. The molecule has 1 atom stereocenters. The van der Waals surface area contributed by atoms with E-state index in [-0.39, 0.29) is 18.0 Å². The number of hydrogen-bond donors (Lipinski definition) is 0. The molecule has 1 aromatic carbocycles. The third-order valence-corrected chi connectivity index (χ3v) is 4.59. The Morgan fingerprint density at radius 1 is 1.45 bits per heavy atom. The predicted octanol–water partition coefficient (Wildman–Crippen LogP) is 2.42. The van der Waals surface area contributed by atoms with Crippen LogP contribution in [0.3, 0.4) is 0 Å². The van der Waals surface area contributed by atoms with E-state index in [9.17, 15) is 9.59 Å². The fraction of sp³-hybridized carbons (Fsp3) is 0.438. The number of piperidine rings is 1. The van der Waals surface area contributed by atoms with Gasteiger partial charge < -0.3 is 4.90 Å². The van der Waals surface area contributed by atoms with Crippen LogP contribution in [0.4, 0.5) is 0 Å². The molecule has 1 saturated heterocycles. The van der Waals surface area contributed by atoms with Crippen molar-refractivity contribution in [3.05, 3.63) is 39.4 Å². The molecule has 0 spiro atoms. The zero-order valence-corrected chi connectivity index (χ0v) is 14.0. The Bertz CT molecular complexity index is 772. The first kappa shape index (κ1) is 15.2. The molecule has 0 N–H and O–H groups in total. The van der Waals surface area contributed by atoms with Gasteiger partial charge in [-0.15, -0.1) is 0 Å². The fourth-order valence-corrected chi connectivity index (χ4v) is 3.27. The van der Waals surface area contributed by atoms with Crippen LogP contribution in [0.2, 0.25) is 0 Å². The quantitative estimate of drug-likeness (QED) is 0.823. The lowest BCUT2D eigenvalue weighted by Crippen LogP contribution is -2.42. The molecule has 2 heterocycles. The van der Waals surface area contributed by atoms with Gasteiger partial charge in [-0.05, 0) is 37.0 Å². The second-order valence-corrected chi connectivity index (χ2v) is 6.84. The Balaban J connectivity index is 1.86. The molecular formula is C16H18BrN3O2. The summed E-state index contributed by atoms with van der Waals surface area (Å²) < 4.78 is 2.23. The van der Waals surface area contributed by atoms with Crippen LogP contribution < -0.4 is 5.56 Å². The number of aromatic nitrogens is 2. The molecule has 116 valence electrons. The Labute approximate surface area is 137 Å². The minimum Gasteiger partial charge on any atom is -0.341 e. The number of nitrogens with zero attached hydrogens (tertiary/aromatic N) is 3. The van der Waals surface area contributed by atoms with E-state index >= 15 is 0 Å². The van der Waals surface area contributed by atoms with Gasteiger partial charge in [-0.25, -0.2) is 4.98 Å². The van der Waals surface area contributed by atoms with Gasteiger partial charge >= 0.3 is 0 Å². The normalized spacial score (nSPS) is 18.6. The smallest absolute Gasteiger partial charge is 0.261 e. The minimum absolute atomic E-state index is 0.00945. The minimum atomic E-state index is -0.176. The molecule has 0 aliphatic carbocycles. The lowest BCUT2D eigenvalue weighted by Gasteiger charge is -2.31. The van der Waals surface area contributed by atoms with Crippen molar-refractivity contribution in [1.82, 2.24) is 14.5 Å². The molecule has 6 heteroatoms. The SMILES string of the molecule is C[C@H]1CCCN(C(=O)Cn2cnc3ccc(Br)cc3c2=O)C1. The molecule has 0 saturated carbocycles. The summed E-state index contributed by atoms with van der Waals surface area (Å²) in [5, 5.41) is 0.525. The second-order valence-electron chi connectivity index (χ2n) is 5.93. The van der Waals surface area contributed by atoms with Crippen LogP contribution in [0.15, 0.2) is 33.8 Å². The summed E-state index contributed by atoms with van der Waals surface area (Å²) in [6.45, 7) is 3.77. The largest absolute Gasteiger partial charge is 0.341 e. The summed E-state index contributed by atoms with van der Waals surface area (Å²) in [6.07, 6.45) is 3.66. The highest BCUT2D eigenvalue weighted by atomic mass is 79.9. The van der Waals surface area contributed by atoms with E-state index in [1.165, 1.54) is 10.9 Å². The van der Waals surface area contributed by atoms with Gasteiger partial charge in [0.05, 0.1) is 17.2 Å². The maximum atomic E-state index is 12.5. The van der Waals surface area contributed by atoms with E-state index in [1.807, 2.05) is 11.0 Å². The molecular weight excluding hydrogens is 346 g/mol. The van der Waals surface area contributed by atoms with E-state index in [1.54, 1.807) is 12.1 Å². The number of rotatable bonds is 2. The molecule has 1 aliphatic heterocycles. The maximum absolute atomic E-state index is 12.5. The summed E-state index contributed by atoms with van der Waals surface area (Å²) in [5.41, 5.74) is 0.466. The first-order valence-corrected chi connectivity index (χ1v) is 8.26. The number of carbonyl (C=O) groups is 1. The zero-order valence-electron chi connectivity index (χ0n) is 12.5. The number of benzene rings is 1. The first-order chi connectivity index (χ1) is 10.5. The maximum Gasteiger partial charge on any atom is 0.261 e. The topological polar surface area (TPSA) is 55.2 Å². The van der Waals surface area contributed by atoms with E-state index in [0.717, 1.165) is 30.4 Å². The van der Waals surface area contributed by atoms with Gasteiger partial charge in [-0.1, -0.05) is 22.9 Å². The number of amides is 1. The summed E-state index contributed by atoms with van der Waals surface area (Å²) in [4.78, 5) is 31.0. The second kappa shape index (κ2) is 6.20. The molecule has 1 aromatic heterocycles. The third kappa shape index (κ3) is 3.06. The van der Waals surface area contributed by atoms with Crippen LogP contribution in [0.5, 0.6) is 0 Å². The van der Waals surface area contributed by atoms with Crippen molar-refractivity contribution in [2.45, 2.75) is 26.3 Å². The third-order valence-electron chi connectivity index (χ3n) is 4.10. The van der Waals surface area contributed by atoms with Crippen molar-refractivity contribution in [2.75, 3.05) is 13.1 Å². The average molecular weight is 364 g/mol. The van der Waals surface area contributed by atoms with Crippen molar-refractivity contribution >= 4 is 32.7 Å². The molecule has 1 fully saturated rings. The van der Waals surface area contributed by atoms with Gasteiger partial charge in [-0.3, -0.25) is 14.2 Å². The van der Waals surface area contributed by atoms with Crippen molar-refractivity contribution < 1.29 is 4.79 Å². The average Bonchev–Trinajstić information content (AvgIpc) is 2.50. The standard InChI is InChI=1S/C16H18BrN3O2/c1-11-3-2-6-19(8-11)15(21)9-20-10-18-14-5-4-12(17)7-13(14)16(20)22/h4-5,7,10-11H,2-3,6,8-9H2,1H3/t11-/m0/s1. The fourth-order valence-electron chi connectivity index (χ4n) is 2.91. The molecule has 2 aromatic rings. The van der Waals surface area contributed by atoms with Crippen molar-refractivity contribution in [2.24, 2.45) is 5.92 Å². The Morgan fingerprint density at radius 2 is 2.27 bits per heavy atom.